The largest absolute Gasteiger partial charge is 0.478 e. The van der Waals surface area contributed by atoms with Crippen molar-refractivity contribution in [1.82, 2.24) is 8.75 Å². The third-order valence-electron chi connectivity index (χ3n) is 3.31. The van der Waals surface area contributed by atoms with Crippen LogP contribution in [0.15, 0.2) is 42.5 Å². The number of nitrogens with one attached hydrogen (secondary N) is 1. The molecule has 0 bridgehead atoms. The minimum absolute atomic E-state index is 0.0584. The smallest absolute Gasteiger partial charge is 0.265 e. The average molecular weight is 331 g/mol. The van der Waals surface area contributed by atoms with Crippen LogP contribution in [0.25, 0.3) is 11.0 Å². The highest BCUT2D eigenvalue weighted by Crippen LogP contribution is 2.23. The van der Waals surface area contributed by atoms with Crippen LogP contribution in [0.4, 0.5) is 10.1 Å². The van der Waals surface area contributed by atoms with E-state index in [0.29, 0.717) is 17.6 Å². The predicted octanol–water partition coefficient (Wildman–Crippen LogP) is 3.63. The Bertz CT molecular complexity index is 837. The molecule has 5 nitrogen and oxygen atoms in total. The fraction of sp³-hybridized carbons (Fsp3) is 0.188. The summed E-state index contributed by atoms with van der Waals surface area (Å²) in [5.74, 6) is -0.788. The van der Waals surface area contributed by atoms with E-state index in [1.54, 1.807) is 31.2 Å². The Hall–Kier alpha value is -2.54. The zero-order chi connectivity index (χ0) is 16.2. The van der Waals surface area contributed by atoms with Gasteiger partial charge in [-0.1, -0.05) is 25.1 Å². The summed E-state index contributed by atoms with van der Waals surface area (Å²) in [6, 6.07) is 11.4. The Morgan fingerprint density at radius 1 is 1.26 bits per heavy atom. The normalized spacial score (nSPS) is 12.1. The Morgan fingerprint density at radius 3 is 2.87 bits per heavy atom. The molecular weight excluding hydrogens is 317 g/mol. The van der Waals surface area contributed by atoms with Crippen LogP contribution in [0.3, 0.4) is 0 Å². The van der Waals surface area contributed by atoms with Gasteiger partial charge in [-0.25, -0.2) is 4.39 Å². The minimum atomic E-state index is -0.797. The van der Waals surface area contributed by atoms with E-state index in [4.69, 9.17) is 4.74 Å². The van der Waals surface area contributed by atoms with E-state index in [-0.39, 0.29) is 11.7 Å². The summed E-state index contributed by atoms with van der Waals surface area (Å²) in [5.41, 5.74) is 1.92. The lowest BCUT2D eigenvalue weighted by molar-refractivity contribution is -0.122. The quantitative estimate of drug-likeness (QED) is 0.775. The number of rotatable bonds is 5. The van der Waals surface area contributed by atoms with Crippen molar-refractivity contribution < 1.29 is 13.9 Å². The number of nitrogens with zero attached hydrogens (tertiary/aromatic N) is 2. The highest BCUT2D eigenvalue weighted by molar-refractivity contribution is 7.00. The molecule has 0 radical (unpaired) electrons. The van der Waals surface area contributed by atoms with Gasteiger partial charge in [0.1, 0.15) is 11.0 Å². The zero-order valence-electron chi connectivity index (χ0n) is 12.3. The summed E-state index contributed by atoms with van der Waals surface area (Å²) in [5, 5.41) is 2.78. The Morgan fingerprint density at radius 2 is 2.09 bits per heavy atom. The third kappa shape index (κ3) is 3.29. The standard InChI is InChI=1S/C16H14FN3O2S/c1-2-13(22-14-9-4-3-6-10(14)17)16(21)18-11-7-5-8-12-15(11)20-23-19-12/h3-9,13H,2H2,1H3,(H,18,21)/t13-/m0/s1. The molecule has 118 valence electrons. The highest BCUT2D eigenvalue weighted by Gasteiger charge is 2.21. The molecule has 3 aromatic rings. The van der Waals surface area contributed by atoms with E-state index in [0.717, 1.165) is 17.2 Å². The first kappa shape index (κ1) is 15.4. The Labute approximate surface area is 136 Å². The molecule has 0 aliphatic heterocycles. The van der Waals surface area contributed by atoms with Gasteiger partial charge in [0.15, 0.2) is 17.7 Å². The average Bonchev–Trinajstić information content (AvgIpc) is 3.03. The molecule has 1 N–H and O–H groups in total. The van der Waals surface area contributed by atoms with Gasteiger partial charge >= 0.3 is 0 Å². The molecule has 1 atom stereocenters. The van der Waals surface area contributed by atoms with Crippen LogP contribution in [-0.2, 0) is 4.79 Å². The van der Waals surface area contributed by atoms with Crippen LogP contribution in [0.2, 0.25) is 0 Å². The second-order valence-corrected chi connectivity index (χ2v) is 5.40. The van der Waals surface area contributed by atoms with Gasteiger partial charge in [-0.3, -0.25) is 4.79 Å². The number of fused-ring (bicyclic) bond motifs is 1. The van der Waals surface area contributed by atoms with Crippen molar-refractivity contribution in [3.8, 4) is 5.75 Å². The molecule has 2 aromatic carbocycles. The predicted molar refractivity (Wildman–Crippen MR) is 87.2 cm³/mol. The SMILES string of the molecule is CC[C@H](Oc1ccccc1F)C(=O)Nc1cccc2nsnc12. The summed E-state index contributed by atoms with van der Waals surface area (Å²) in [6.07, 6.45) is -0.389. The van der Waals surface area contributed by atoms with Crippen molar-refractivity contribution in [3.63, 3.8) is 0 Å². The van der Waals surface area contributed by atoms with E-state index in [9.17, 15) is 9.18 Å². The number of ether oxygens (including phenoxy) is 1. The van der Waals surface area contributed by atoms with Crippen molar-refractivity contribution in [1.29, 1.82) is 0 Å². The van der Waals surface area contributed by atoms with Crippen LogP contribution in [0.1, 0.15) is 13.3 Å². The lowest BCUT2D eigenvalue weighted by atomic mass is 10.2. The molecule has 0 aliphatic carbocycles. The molecule has 0 unspecified atom stereocenters. The van der Waals surface area contributed by atoms with Gasteiger partial charge in [0.25, 0.3) is 5.91 Å². The maximum atomic E-state index is 13.7. The lowest BCUT2D eigenvalue weighted by Crippen LogP contribution is -2.32. The number of carbonyl (C=O) groups excluding carboxylic acids is 1. The van der Waals surface area contributed by atoms with Crippen molar-refractivity contribution in [2.24, 2.45) is 0 Å². The molecule has 0 saturated heterocycles. The van der Waals surface area contributed by atoms with Crippen LogP contribution >= 0.6 is 11.7 Å². The number of aromatic nitrogens is 2. The van der Waals surface area contributed by atoms with Gasteiger partial charge in [-0.05, 0) is 30.7 Å². The van der Waals surface area contributed by atoms with Gasteiger partial charge in [0.2, 0.25) is 0 Å². The molecular formula is C16H14FN3O2S. The fourth-order valence-electron chi connectivity index (χ4n) is 2.14. The zero-order valence-corrected chi connectivity index (χ0v) is 13.1. The summed E-state index contributed by atoms with van der Waals surface area (Å²) in [7, 11) is 0. The van der Waals surface area contributed by atoms with Gasteiger partial charge in [0, 0.05) is 0 Å². The molecule has 1 amide bonds. The maximum Gasteiger partial charge on any atom is 0.265 e. The van der Waals surface area contributed by atoms with Crippen molar-refractivity contribution in [2.75, 3.05) is 5.32 Å². The van der Waals surface area contributed by atoms with Gasteiger partial charge < -0.3 is 10.1 Å². The number of benzene rings is 2. The molecule has 0 saturated carbocycles. The third-order valence-corrected chi connectivity index (χ3v) is 3.86. The van der Waals surface area contributed by atoms with E-state index in [1.807, 2.05) is 6.07 Å². The van der Waals surface area contributed by atoms with Crippen LogP contribution < -0.4 is 10.1 Å². The Kier molecular flexibility index (Phi) is 4.47. The van der Waals surface area contributed by atoms with Crippen molar-refractivity contribution in [3.05, 3.63) is 48.3 Å². The molecule has 23 heavy (non-hydrogen) atoms. The first-order chi connectivity index (χ1) is 11.2. The van der Waals surface area contributed by atoms with Gasteiger partial charge in [-0.15, -0.1) is 0 Å². The van der Waals surface area contributed by atoms with Gasteiger partial charge in [-0.2, -0.15) is 8.75 Å². The number of carbonyl (C=O) groups is 1. The second-order valence-electron chi connectivity index (χ2n) is 4.87. The molecule has 1 aromatic heterocycles. The van der Waals surface area contributed by atoms with Crippen LogP contribution in [-0.4, -0.2) is 20.8 Å². The summed E-state index contributed by atoms with van der Waals surface area (Å²) in [6.45, 7) is 1.80. The molecule has 3 rings (SSSR count). The molecule has 1 heterocycles. The number of hydrogen-bond acceptors (Lipinski definition) is 5. The van der Waals surface area contributed by atoms with Crippen LogP contribution in [0, 0.1) is 5.82 Å². The van der Waals surface area contributed by atoms with E-state index in [2.05, 4.69) is 14.1 Å². The summed E-state index contributed by atoms with van der Waals surface area (Å²) in [4.78, 5) is 12.4. The highest BCUT2D eigenvalue weighted by atomic mass is 32.1. The summed E-state index contributed by atoms with van der Waals surface area (Å²) >= 11 is 1.08. The fourth-order valence-corrected chi connectivity index (χ4v) is 2.69. The van der Waals surface area contributed by atoms with E-state index >= 15 is 0 Å². The summed E-state index contributed by atoms with van der Waals surface area (Å²) < 4.78 is 27.5. The first-order valence-electron chi connectivity index (χ1n) is 7.12. The Balaban J connectivity index is 1.78. The van der Waals surface area contributed by atoms with Crippen LogP contribution in [0.5, 0.6) is 5.75 Å². The minimum Gasteiger partial charge on any atom is -0.478 e. The van der Waals surface area contributed by atoms with E-state index < -0.39 is 11.9 Å². The van der Waals surface area contributed by atoms with Gasteiger partial charge in [0.05, 0.1) is 17.4 Å². The number of amides is 1. The van der Waals surface area contributed by atoms with Crippen molar-refractivity contribution in [2.45, 2.75) is 19.4 Å². The molecule has 0 fully saturated rings. The number of halogens is 1. The van der Waals surface area contributed by atoms with Crippen molar-refractivity contribution >= 4 is 34.4 Å². The van der Waals surface area contributed by atoms with E-state index in [1.165, 1.54) is 12.1 Å². The first-order valence-corrected chi connectivity index (χ1v) is 7.85. The molecule has 0 aliphatic rings. The lowest BCUT2D eigenvalue weighted by Gasteiger charge is -2.17. The maximum absolute atomic E-state index is 13.7. The number of anilines is 1. The number of para-hydroxylation sites is 1. The topological polar surface area (TPSA) is 64.1 Å². The second kappa shape index (κ2) is 6.70. The monoisotopic (exact) mass is 331 g/mol. The number of hydrogen-bond donors (Lipinski definition) is 1. The molecule has 0 spiro atoms. The molecule has 7 heteroatoms.